The van der Waals surface area contributed by atoms with Gasteiger partial charge in [-0.05, 0) is 31.5 Å². The first kappa shape index (κ1) is 25.0. The Morgan fingerprint density at radius 2 is 1.87 bits per heavy atom. The Morgan fingerprint density at radius 3 is 2.55 bits per heavy atom. The number of nitrogens with zero attached hydrogens (tertiary/aromatic N) is 5. The molecular formula is C22H34IN7O. The number of halogens is 1. The third kappa shape index (κ3) is 8.39. The number of piperazine rings is 1. The number of amides is 1. The maximum atomic E-state index is 12.6. The molecule has 1 aromatic carbocycles. The average molecular weight is 539 g/mol. The Hall–Kier alpha value is -2.30. The van der Waals surface area contributed by atoms with Crippen molar-refractivity contribution in [1.82, 2.24) is 25.3 Å². The van der Waals surface area contributed by atoms with E-state index in [1.807, 2.05) is 34.8 Å². The molecule has 170 valence electrons. The van der Waals surface area contributed by atoms with Crippen molar-refractivity contribution >= 4 is 41.5 Å². The van der Waals surface area contributed by atoms with Gasteiger partial charge in [-0.2, -0.15) is 5.10 Å². The lowest BCUT2D eigenvalue weighted by Crippen LogP contribution is -2.49. The van der Waals surface area contributed by atoms with Crippen LogP contribution < -0.4 is 15.5 Å². The molecule has 0 bridgehead atoms. The third-order valence-electron chi connectivity index (χ3n) is 5.10. The number of para-hydroxylation sites is 1. The van der Waals surface area contributed by atoms with E-state index in [9.17, 15) is 4.79 Å². The van der Waals surface area contributed by atoms with Gasteiger partial charge in [-0.15, -0.1) is 24.0 Å². The number of aryl methyl sites for hydroxylation is 1. The number of carbonyl (C=O) groups excluding carboxylic acids is 1. The van der Waals surface area contributed by atoms with E-state index in [0.717, 1.165) is 51.6 Å². The molecule has 1 amide bonds. The number of guanidine groups is 1. The Bertz CT molecular complexity index is 774. The molecule has 1 aromatic heterocycles. The van der Waals surface area contributed by atoms with Crippen LogP contribution in [0, 0.1) is 0 Å². The maximum absolute atomic E-state index is 12.6. The van der Waals surface area contributed by atoms with Gasteiger partial charge < -0.3 is 20.4 Å². The second kappa shape index (κ2) is 13.9. The minimum Gasteiger partial charge on any atom is -0.368 e. The lowest BCUT2D eigenvalue weighted by atomic mass is 10.2. The van der Waals surface area contributed by atoms with Gasteiger partial charge in [-0.25, -0.2) is 0 Å². The molecule has 3 rings (SSSR count). The standard InChI is InChI=1S/C22H33N7O.HI/c1-2-23-22(24-11-6-14-29-15-7-12-26-29)25-13-10-21(30)28-18-16-27(17-19-28)20-8-4-3-5-9-20;/h3-5,7-9,12,15H,2,6,10-11,13-14,16-19H2,1H3,(H2,23,24,25);1H. The zero-order valence-corrected chi connectivity index (χ0v) is 20.6. The number of benzene rings is 1. The zero-order valence-electron chi connectivity index (χ0n) is 18.2. The Labute approximate surface area is 202 Å². The van der Waals surface area contributed by atoms with Gasteiger partial charge in [0.05, 0.1) is 0 Å². The van der Waals surface area contributed by atoms with Crippen LogP contribution in [0.25, 0.3) is 0 Å². The molecule has 0 spiro atoms. The van der Waals surface area contributed by atoms with Crippen molar-refractivity contribution in [3.63, 3.8) is 0 Å². The number of nitrogens with one attached hydrogen (secondary N) is 2. The number of hydrogen-bond acceptors (Lipinski definition) is 4. The predicted octanol–water partition coefficient (Wildman–Crippen LogP) is 2.19. The molecule has 1 aliphatic heterocycles. The molecule has 8 nitrogen and oxygen atoms in total. The fraction of sp³-hybridized carbons (Fsp3) is 0.500. The summed E-state index contributed by atoms with van der Waals surface area (Å²) in [5.74, 6) is 0.962. The van der Waals surface area contributed by atoms with E-state index in [1.165, 1.54) is 5.69 Å². The topological polar surface area (TPSA) is 77.8 Å². The molecule has 0 radical (unpaired) electrons. The molecule has 2 N–H and O–H groups in total. The largest absolute Gasteiger partial charge is 0.368 e. The normalized spacial score (nSPS) is 14.2. The molecule has 1 aliphatic rings. The van der Waals surface area contributed by atoms with Crippen molar-refractivity contribution in [3.8, 4) is 0 Å². The summed E-state index contributed by atoms with van der Waals surface area (Å²) < 4.78 is 1.91. The van der Waals surface area contributed by atoms with E-state index in [2.05, 4.69) is 49.9 Å². The van der Waals surface area contributed by atoms with Gasteiger partial charge in [0.15, 0.2) is 5.96 Å². The van der Waals surface area contributed by atoms with Crippen LogP contribution in [0.5, 0.6) is 0 Å². The van der Waals surface area contributed by atoms with Crippen LogP contribution >= 0.6 is 24.0 Å². The van der Waals surface area contributed by atoms with E-state index in [1.54, 1.807) is 6.20 Å². The minimum absolute atomic E-state index is 0. The van der Waals surface area contributed by atoms with Crippen molar-refractivity contribution in [2.24, 2.45) is 4.99 Å². The number of anilines is 1. The smallest absolute Gasteiger partial charge is 0.224 e. The van der Waals surface area contributed by atoms with Crippen LogP contribution in [-0.2, 0) is 11.3 Å². The Kier molecular flexibility index (Phi) is 11.2. The number of aromatic nitrogens is 2. The summed E-state index contributed by atoms with van der Waals surface area (Å²) >= 11 is 0. The van der Waals surface area contributed by atoms with Gasteiger partial charge in [0.25, 0.3) is 0 Å². The molecule has 0 aliphatic carbocycles. The fourth-order valence-electron chi connectivity index (χ4n) is 3.50. The molecule has 0 atom stereocenters. The Morgan fingerprint density at radius 1 is 1.10 bits per heavy atom. The molecule has 31 heavy (non-hydrogen) atoms. The monoisotopic (exact) mass is 539 g/mol. The molecule has 1 saturated heterocycles. The minimum atomic E-state index is 0. The highest BCUT2D eigenvalue weighted by Gasteiger charge is 2.20. The first-order valence-electron chi connectivity index (χ1n) is 10.8. The van der Waals surface area contributed by atoms with Crippen molar-refractivity contribution in [1.29, 1.82) is 0 Å². The van der Waals surface area contributed by atoms with Crippen LogP contribution in [0.2, 0.25) is 0 Å². The van der Waals surface area contributed by atoms with Crippen molar-refractivity contribution < 1.29 is 4.79 Å². The summed E-state index contributed by atoms with van der Waals surface area (Å²) in [6.45, 7) is 8.28. The van der Waals surface area contributed by atoms with Crippen molar-refractivity contribution in [3.05, 3.63) is 48.8 Å². The van der Waals surface area contributed by atoms with Crippen LogP contribution in [0.15, 0.2) is 53.8 Å². The SMILES string of the molecule is CCNC(=NCCCn1cccn1)NCCC(=O)N1CCN(c2ccccc2)CC1.I. The first-order chi connectivity index (χ1) is 14.8. The maximum Gasteiger partial charge on any atom is 0.224 e. The Balaban J connectivity index is 0.00000341. The summed E-state index contributed by atoms with van der Waals surface area (Å²) in [5, 5.41) is 10.7. The van der Waals surface area contributed by atoms with Crippen molar-refractivity contribution in [2.45, 2.75) is 26.3 Å². The summed E-state index contributed by atoms with van der Waals surface area (Å²) in [4.78, 5) is 21.5. The second-order valence-electron chi connectivity index (χ2n) is 7.26. The molecule has 9 heteroatoms. The van der Waals surface area contributed by atoms with Gasteiger partial charge in [0, 0.05) is 76.9 Å². The molecule has 0 unspecified atom stereocenters. The number of carbonyl (C=O) groups is 1. The second-order valence-corrected chi connectivity index (χ2v) is 7.26. The molecule has 2 aromatic rings. The van der Waals surface area contributed by atoms with Gasteiger partial charge in [-0.3, -0.25) is 14.5 Å². The molecule has 1 fully saturated rings. The highest BCUT2D eigenvalue weighted by atomic mass is 127. The van der Waals surface area contributed by atoms with E-state index in [0.29, 0.717) is 19.5 Å². The van der Waals surface area contributed by atoms with E-state index >= 15 is 0 Å². The number of aliphatic imine (C=N–C) groups is 1. The van der Waals surface area contributed by atoms with E-state index < -0.39 is 0 Å². The van der Waals surface area contributed by atoms with Crippen LogP contribution in [0.3, 0.4) is 0 Å². The highest BCUT2D eigenvalue weighted by Crippen LogP contribution is 2.15. The number of rotatable bonds is 9. The van der Waals surface area contributed by atoms with Crippen LogP contribution in [0.1, 0.15) is 19.8 Å². The quantitative estimate of drug-likeness (QED) is 0.221. The zero-order chi connectivity index (χ0) is 21.0. The molecule has 0 saturated carbocycles. The van der Waals surface area contributed by atoms with E-state index in [4.69, 9.17) is 0 Å². The van der Waals surface area contributed by atoms with Crippen molar-refractivity contribution in [2.75, 3.05) is 50.7 Å². The summed E-state index contributed by atoms with van der Waals surface area (Å²) in [6.07, 6.45) is 5.14. The molecule has 2 heterocycles. The predicted molar refractivity (Wildman–Crippen MR) is 136 cm³/mol. The first-order valence-corrected chi connectivity index (χ1v) is 10.8. The number of hydrogen-bond donors (Lipinski definition) is 2. The van der Waals surface area contributed by atoms with Gasteiger partial charge in [0.1, 0.15) is 0 Å². The highest BCUT2D eigenvalue weighted by molar-refractivity contribution is 14.0. The fourth-order valence-corrected chi connectivity index (χ4v) is 3.50. The van der Waals surface area contributed by atoms with Crippen LogP contribution in [-0.4, -0.2) is 72.4 Å². The lowest BCUT2D eigenvalue weighted by Gasteiger charge is -2.36. The van der Waals surface area contributed by atoms with Crippen LogP contribution in [0.4, 0.5) is 5.69 Å². The summed E-state index contributed by atoms with van der Waals surface area (Å²) in [6, 6.07) is 12.3. The molecular weight excluding hydrogens is 505 g/mol. The van der Waals surface area contributed by atoms with Gasteiger partial charge >= 0.3 is 0 Å². The lowest BCUT2D eigenvalue weighted by molar-refractivity contribution is -0.131. The summed E-state index contributed by atoms with van der Waals surface area (Å²) in [5.41, 5.74) is 1.23. The average Bonchev–Trinajstić information content (AvgIpc) is 3.31. The van der Waals surface area contributed by atoms with E-state index in [-0.39, 0.29) is 29.9 Å². The van der Waals surface area contributed by atoms with Gasteiger partial charge in [0.2, 0.25) is 5.91 Å². The summed E-state index contributed by atoms with van der Waals surface area (Å²) in [7, 11) is 0. The van der Waals surface area contributed by atoms with Gasteiger partial charge in [-0.1, -0.05) is 18.2 Å². The third-order valence-corrected chi connectivity index (χ3v) is 5.10.